The minimum Gasteiger partial charge on any atom is -0.357 e. The molecule has 0 aliphatic carbocycles. The maximum Gasteiger partial charge on any atom is 0.324 e. The Kier molecular flexibility index (Phi) is 6.83. The number of urea groups is 1. The molecule has 2 aliphatic heterocycles. The van der Waals surface area contributed by atoms with Crippen LogP contribution < -0.4 is 16.0 Å². The van der Waals surface area contributed by atoms with Crippen molar-refractivity contribution in [2.75, 3.05) is 45.8 Å². The number of hydrogen-bond acceptors (Lipinski definition) is 4. The van der Waals surface area contributed by atoms with E-state index < -0.39 is 0 Å². The minimum absolute atomic E-state index is 0.0716. The van der Waals surface area contributed by atoms with E-state index in [1.807, 2.05) is 11.8 Å². The fourth-order valence-corrected chi connectivity index (χ4v) is 2.70. The molecule has 0 aromatic carbocycles. The van der Waals surface area contributed by atoms with Crippen LogP contribution in [0.4, 0.5) is 4.79 Å². The van der Waals surface area contributed by atoms with Gasteiger partial charge in [-0.25, -0.2) is 4.79 Å². The van der Waals surface area contributed by atoms with Crippen LogP contribution in [-0.2, 0) is 9.59 Å². The van der Waals surface area contributed by atoms with Gasteiger partial charge in [0.05, 0.1) is 6.54 Å². The van der Waals surface area contributed by atoms with Crippen LogP contribution in [0.3, 0.4) is 0 Å². The number of likely N-dealkylation sites (tertiary alicyclic amines) is 1. The van der Waals surface area contributed by atoms with Gasteiger partial charge in [-0.05, 0) is 19.8 Å². The highest BCUT2D eigenvalue weighted by Gasteiger charge is 2.27. The van der Waals surface area contributed by atoms with Crippen LogP contribution >= 0.6 is 0 Å². The number of rotatable bonds is 8. The van der Waals surface area contributed by atoms with Gasteiger partial charge < -0.3 is 20.9 Å². The number of nitrogens with one attached hydrogen (secondary N) is 3. The lowest BCUT2D eigenvalue weighted by Gasteiger charge is -2.16. The number of imide groups is 1. The van der Waals surface area contributed by atoms with Gasteiger partial charge in [0.15, 0.2) is 5.96 Å². The number of amides is 4. The highest BCUT2D eigenvalue weighted by Crippen LogP contribution is 2.09. The van der Waals surface area contributed by atoms with Gasteiger partial charge in [0.1, 0.15) is 0 Å². The highest BCUT2D eigenvalue weighted by atomic mass is 16.2. The van der Waals surface area contributed by atoms with Gasteiger partial charge in [-0.3, -0.25) is 19.5 Å². The standard InChI is InChI=1S/C15H26N6O3/c1-2-16-14(17-6-4-9-20-8-3-5-12(20)22)18-7-10-21-13(23)11-19-15(21)24/h2-11H2,1H3,(H,19,24)(H2,16,17,18). The lowest BCUT2D eigenvalue weighted by Crippen LogP contribution is -2.43. The summed E-state index contributed by atoms with van der Waals surface area (Å²) < 4.78 is 0. The number of carbonyl (C=O) groups is 3. The molecule has 0 aromatic heterocycles. The molecule has 0 atom stereocenters. The first kappa shape index (κ1) is 18.0. The summed E-state index contributed by atoms with van der Waals surface area (Å²) in [4.78, 5) is 42.0. The number of nitrogens with zero attached hydrogens (tertiary/aromatic N) is 3. The van der Waals surface area contributed by atoms with Crippen molar-refractivity contribution < 1.29 is 14.4 Å². The summed E-state index contributed by atoms with van der Waals surface area (Å²) in [6, 6.07) is -0.348. The Morgan fingerprint density at radius 1 is 1.21 bits per heavy atom. The van der Waals surface area contributed by atoms with E-state index in [4.69, 9.17) is 0 Å². The Morgan fingerprint density at radius 3 is 2.67 bits per heavy atom. The van der Waals surface area contributed by atoms with Crippen LogP contribution in [0.1, 0.15) is 26.2 Å². The van der Waals surface area contributed by atoms with Crippen molar-refractivity contribution in [2.45, 2.75) is 26.2 Å². The first-order valence-corrected chi connectivity index (χ1v) is 8.50. The molecule has 2 saturated heterocycles. The van der Waals surface area contributed by atoms with E-state index in [2.05, 4.69) is 20.9 Å². The summed E-state index contributed by atoms with van der Waals surface area (Å²) in [5.74, 6) is 0.675. The molecule has 0 aromatic rings. The van der Waals surface area contributed by atoms with Crippen molar-refractivity contribution in [1.82, 2.24) is 25.8 Å². The number of guanidine groups is 1. The van der Waals surface area contributed by atoms with Gasteiger partial charge in [-0.15, -0.1) is 0 Å². The maximum absolute atomic E-state index is 11.5. The molecule has 0 radical (unpaired) electrons. The smallest absolute Gasteiger partial charge is 0.324 e. The van der Waals surface area contributed by atoms with Crippen molar-refractivity contribution in [2.24, 2.45) is 4.99 Å². The average Bonchev–Trinajstić information content (AvgIpc) is 3.11. The third-order valence-corrected chi connectivity index (χ3v) is 3.94. The number of carbonyl (C=O) groups excluding carboxylic acids is 3. The third-order valence-electron chi connectivity index (χ3n) is 3.94. The zero-order valence-corrected chi connectivity index (χ0v) is 14.1. The lowest BCUT2D eigenvalue weighted by molar-refractivity contribution is -0.127. The molecule has 24 heavy (non-hydrogen) atoms. The SMILES string of the molecule is CCNC(=NCCCN1CCCC1=O)NCCN1C(=O)CNC1=O. The molecule has 9 nitrogen and oxygen atoms in total. The van der Waals surface area contributed by atoms with Crippen molar-refractivity contribution >= 4 is 23.8 Å². The molecule has 2 fully saturated rings. The first-order chi connectivity index (χ1) is 11.6. The molecule has 0 bridgehead atoms. The Bertz CT molecular complexity index is 491. The highest BCUT2D eigenvalue weighted by molar-refractivity contribution is 6.01. The molecule has 2 aliphatic rings. The van der Waals surface area contributed by atoms with E-state index in [9.17, 15) is 14.4 Å². The molecule has 3 N–H and O–H groups in total. The molecule has 2 heterocycles. The summed E-state index contributed by atoms with van der Waals surface area (Å²) in [5, 5.41) is 8.72. The molecule has 134 valence electrons. The van der Waals surface area contributed by atoms with Crippen molar-refractivity contribution in [3.63, 3.8) is 0 Å². The first-order valence-electron chi connectivity index (χ1n) is 8.50. The van der Waals surface area contributed by atoms with Gasteiger partial charge in [-0.2, -0.15) is 0 Å². The predicted octanol–water partition coefficient (Wildman–Crippen LogP) is -0.894. The number of hydrogen-bond donors (Lipinski definition) is 3. The monoisotopic (exact) mass is 338 g/mol. The normalized spacial score (nSPS) is 18.4. The summed E-state index contributed by atoms with van der Waals surface area (Å²) in [7, 11) is 0. The van der Waals surface area contributed by atoms with E-state index in [1.165, 1.54) is 4.90 Å². The fraction of sp³-hybridized carbons (Fsp3) is 0.733. The fourth-order valence-electron chi connectivity index (χ4n) is 2.70. The molecular formula is C15H26N6O3. The second-order valence-electron chi connectivity index (χ2n) is 5.73. The van der Waals surface area contributed by atoms with Crippen LogP contribution in [0, 0.1) is 0 Å². The molecule has 9 heteroatoms. The molecular weight excluding hydrogens is 312 g/mol. The van der Waals surface area contributed by atoms with E-state index in [1.54, 1.807) is 0 Å². The molecule has 4 amide bonds. The Balaban J connectivity index is 1.69. The second kappa shape index (κ2) is 9.09. The van der Waals surface area contributed by atoms with Gasteiger partial charge in [0.25, 0.3) is 0 Å². The van der Waals surface area contributed by atoms with Crippen LogP contribution in [0.15, 0.2) is 4.99 Å². The van der Waals surface area contributed by atoms with E-state index in [0.29, 0.717) is 32.0 Å². The zero-order chi connectivity index (χ0) is 17.4. The topological polar surface area (TPSA) is 106 Å². The molecule has 0 saturated carbocycles. The van der Waals surface area contributed by atoms with E-state index in [-0.39, 0.29) is 24.4 Å². The third kappa shape index (κ3) is 5.10. The van der Waals surface area contributed by atoms with E-state index in [0.717, 1.165) is 32.5 Å². The number of aliphatic imine (C=N–C) groups is 1. The summed E-state index contributed by atoms with van der Waals surface area (Å²) in [6.07, 6.45) is 2.43. The van der Waals surface area contributed by atoms with Crippen LogP contribution in [0.5, 0.6) is 0 Å². The lowest BCUT2D eigenvalue weighted by atomic mass is 10.4. The zero-order valence-electron chi connectivity index (χ0n) is 14.1. The van der Waals surface area contributed by atoms with Gasteiger partial charge in [0.2, 0.25) is 11.8 Å². The van der Waals surface area contributed by atoms with Crippen LogP contribution in [-0.4, -0.2) is 79.4 Å². The van der Waals surface area contributed by atoms with Crippen molar-refractivity contribution in [1.29, 1.82) is 0 Å². The van der Waals surface area contributed by atoms with E-state index >= 15 is 0 Å². The second-order valence-corrected chi connectivity index (χ2v) is 5.73. The van der Waals surface area contributed by atoms with Gasteiger partial charge in [0, 0.05) is 45.7 Å². The maximum atomic E-state index is 11.5. The summed E-state index contributed by atoms with van der Waals surface area (Å²) in [6.45, 7) is 5.71. The van der Waals surface area contributed by atoms with Gasteiger partial charge >= 0.3 is 6.03 Å². The molecule has 0 unspecified atom stereocenters. The van der Waals surface area contributed by atoms with Crippen LogP contribution in [0.25, 0.3) is 0 Å². The Morgan fingerprint density at radius 2 is 2.04 bits per heavy atom. The van der Waals surface area contributed by atoms with Crippen LogP contribution in [0.2, 0.25) is 0 Å². The minimum atomic E-state index is -0.348. The Labute approximate surface area is 141 Å². The summed E-state index contributed by atoms with van der Waals surface area (Å²) >= 11 is 0. The average molecular weight is 338 g/mol. The Hall–Kier alpha value is -2.32. The van der Waals surface area contributed by atoms with Crippen molar-refractivity contribution in [3.05, 3.63) is 0 Å². The predicted molar refractivity (Wildman–Crippen MR) is 89.5 cm³/mol. The quantitative estimate of drug-likeness (QED) is 0.230. The van der Waals surface area contributed by atoms with Crippen molar-refractivity contribution in [3.8, 4) is 0 Å². The summed E-state index contributed by atoms with van der Waals surface area (Å²) in [5.41, 5.74) is 0. The largest absolute Gasteiger partial charge is 0.357 e. The molecule has 2 rings (SSSR count). The van der Waals surface area contributed by atoms with Gasteiger partial charge in [-0.1, -0.05) is 0 Å². The molecule has 0 spiro atoms.